The zero-order valence-corrected chi connectivity index (χ0v) is 16.9. The van der Waals surface area contributed by atoms with Crippen LogP contribution < -0.4 is 26.0 Å². The molecule has 8 heteroatoms. The van der Waals surface area contributed by atoms with Gasteiger partial charge in [-0.15, -0.1) is 0 Å². The molecule has 2 saturated heterocycles. The van der Waals surface area contributed by atoms with Crippen molar-refractivity contribution in [2.45, 2.75) is 51.1 Å². The van der Waals surface area contributed by atoms with Crippen molar-refractivity contribution >= 4 is 22.7 Å². The molecule has 30 heavy (non-hydrogen) atoms. The summed E-state index contributed by atoms with van der Waals surface area (Å²) >= 11 is 0. The van der Waals surface area contributed by atoms with E-state index in [1.54, 1.807) is 36.4 Å². The highest BCUT2D eigenvalue weighted by Crippen LogP contribution is 2.40. The lowest BCUT2D eigenvalue weighted by molar-refractivity contribution is -0.108. The van der Waals surface area contributed by atoms with Gasteiger partial charge >= 0.3 is 0 Å². The van der Waals surface area contributed by atoms with E-state index in [9.17, 15) is 5.21 Å². The first kappa shape index (κ1) is 20.6. The summed E-state index contributed by atoms with van der Waals surface area (Å²) in [6.45, 7) is 1.32. The van der Waals surface area contributed by atoms with Crippen LogP contribution in [0, 0.1) is 5.21 Å². The van der Waals surface area contributed by atoms with E-state index in [2.05, 4.69) is 0 Å². The van der Waals surface area contributed by atoms with E-state index in [-0.39, 0.29) is 12.0 Å². The Labute approximate surface area is 176 Å². The highest BCUT2D eigenvalue weighted by molar-refractivity contribution is 5.81. The van der Waals surface area contributed by atoms with Gasteiger partial charge in [0.2, 0.25) is 0 Å². The molecule has 2 aliphatic heterocycles. The minimum Gasteiger partial charge on any atom is -0.754 e. The average Bonchev–Trinajstić information content (AvgIpc) is 2.77. The Kier molecular flexibility index (Phi) is 6.47. The molecule has 2 fully saturated rings. The Morgan fingerprint density at radius 1 is 0.833 bits per heavy atom. The largest absolute Gasteiger partial charge is 0.754 e. The van der Waals surface area contributed by atoms with Crippen LogP contribution in [0.25, 0.3) is 0 Å². The highest BCUT2D eigenvalue weighted by atomic mass is 16.7. The van der Waals surface area contributed by atoms with Crippen LogP contribution in [0.5, 0.6) is 11.5 Å². The third-order valence-electron chi connectivity index (χ3n) is 5.23. The summed E-state index contributed by atoms with van der Waals surface area (Å²) in [5, 5.41) is 13.9. The highest BCUT2D eigenvalue weighted by Gasteiger charge is 2.21. The first-order valence-electron chi connectivity index (χ1n) is 10.4. The molecule has 2 aliphatic rings. The van der Waals surface area contributed by atoms with Crippen molar-refractivity contribution in [1.29, 1.82) is 0 Å². The zero-order chi connectivity index (χ0) is 20.9. The number of anilines is 4. The van der Waals surface area contributed by atoms with E-state index in [4.69, 9.17) is 30.4 Å². The molecule has 4 rings (SSSR count). The molecule has 0 amide bonds. The molecule has 2 aromatic carbocycles. The molecular formula is C22H28N3O5-. The van der Waals surface area contributed by atoms with E-state index in [0.717, 1.165) is 43.6 Å². The summed E-state index contributed by atoms with van der Waals surface area (Å²) in [6.07, 6.45) is 5.00. The second-order valence-electron chi connectivity index (χ2n) is 7.57. The molecule has 2 aromatic rings. The average molecular weight is 414 g/mol. The molecular weight excluding hydrogens is 386 g/mol. The Morgan fingerprint density at radius 3 is 2.20 bits per heavy atom. The Bertz CT molecular complexity index is 851. The molecule has 0 bridgehead atoms. The third-order valence-corrected chi connectivity index (χ3v) is 5.23. The van der Waals surface area contributed by atoms with Gasteiger partial charge < -0.3 is 40.7 Å². The summed E-state index contributed by atoms with van der Waals surface area (Å²) in [5.74, 6) is 0.942. The van der Waals surface area contributed by atoms with E-state index in [0.29, 0.717) is 41.8 Å². The van der Waals surface area contributed by atoms with Crippen molar-refractivity contribution in [3.05, 3.63) is 41.6 Å². The maximum absolute atomic E-state index is 13.2. The molecule has 2 unspecified atom stereocenters. The van der Waals surface area contributed by atoms with Crippen LogP contribution in [0.2, 0.25) is 0 Å². The molecule has 0 radical (unpaired) electrons. The van der Waals surface area contributed by atoms with Gasteiger partial charge in [-0.05, 0) is 56.0 Å². The topological polar surface area (TPSA) is 115 Å². The van der Waals surface area contributed by atoms with Crippen molar-refractivity contribution in [3.63, 3.8) is 0 Å². The maximum Gasteiger partial charge on any atom is 0.199 e. The van der Waals surface area contributed by atoms with Gasteiger partial charge in [0.25, 0.3) is 0 Å². The second-order valence-corrected chi connectivity index (χ2v) is 7.57. The molecule has 2 heterocycles. The van der Waals surface area contributed by atoms with Crippen LogP contribution >= 0.6 is 0 Å². The first-order valence-corrected chi connectivity index (χ1v) is 10.4. The van der Waals surface area contributed by atoms with E-state index in [1.165, 1.54) is 0 Å². The molecule has 0 aromatic heterocycles. The monoisotopic (exact) mass is 414 g/mol. The summed E-state index contributed by atoms with van der Waals surface area (Å²) in [7, 11) is 0. The number of nitrogens with two attached hydrogens (primary N) is 2. The molecule has 162 valence electrons. The van der Waals surface area contributed by atoms with Crippen molar-refractivity contribution in [2.75, 3.05) is 29.7 Å². The number of ether oxygens (including phenoxy) is 4. The van der Waals surface area contributed by atoms with Gasteiger partial charge in [-0.2, -0.15) is 0 Å². The van der Waals surface area contributed by atoms with Gasteiger partial charge in [0.05, 0.1) is 30.3 Å². The van der Waals surface area contributed by atoms with Crippen molar-refractivity contribution in [2.24, 2.45) is 0 Å². The second kappa shape index (κ2) is 9.42. The molecule has 2 atom stereocenters. The lowest BCUT2D eigenvalue weighted by atomic mass is 10.2. The van der Waals surface area contributed by atoms with Crippen LogP contribution in [0.4, 0.5) is 22.7 Å². The van der Waals surface area contributed by atoms with Crippen LogP contribution in [-0.2, 0) is 9.47 Å². The van der Waals surface area contributed by atoms with Gasteiger partial charge in [-0.25, -0.2) is 0 Å². The number of nitrogens with zero attached hydrogens (tertiary/aromatic N) is 1. The summed E-state index contributed by atoms with van der Waals surface area (Å²) in [6, 6.07) is 9.91. The number of rotatable bonds is 6. The molecule has 4 N–H and O–H groups in total. The Balaban J connectivity index is 1.62. The molecule has 0 aliphatic carbocycles. The normalized spacial score (nSPS) is 21.8. The summed E-state index contributed by atoms with van der Waals surface area (Å²) in [4.78, 5) is 0. The molecule has 0 spiro atoms. The molecule has 8 nitrogen and oxygen atoms in total. The smallest absolute Gasteiger partial charge is 0.199 e. The Morgan fingerprint density at radius 2 is 1.53 bits per heavy atom. The number of benzene rings is 2. The standard InChI is InChI=1S/C22H28N3O5/c23-15-7-9-17(24)19(13-15)25(26)18-10-8-16(29-21-5-1-3-11-27-21)14-20(18)30-22-6-2-4-12-28-22/h7-10,13-14,21-22H,1-6,11-12,23-24H2/q-1. The SMILES string of the molecule is Nc1ccc(N)c(N([O-])c2ccc(OC3CCCCO3)cc2OC2CCCCO2)c1. The minimum absolute atomic E-state index is 0.258. The van der Waals surface area contributed by atoms with Crippen LogP contribution in [0.15, 0.2) is 36.4 Å². The van der Waals surface area contributed by atoms with Gasteiger partial charge in [0.1, 0.15) is 11.5 Å². The van der Waals surface area contributed by atoms with Crippen molar-refractivity contribution < 1.29 is 18.9 Å². The Hall–Kier alpha value is -2.68. The van der Waals surface area contributed by atoms with Gasteiger partial charge in [0, 0.05) is 24.6 Å². The fourth-order valence-corrected chi connectivity index (χ4v) is 3.60. The first-order chi connectivity index (χ1) is 14.6. The lowest BCUT2D eigenvalue weighted by Gasteiger charge is -2.35. The number of nitrogen functional groups attached to an aromatic ring is 2. The van der Waals surface area contributed by atoms with Gasteiger partial charge in [-0.3, -0.25) is 0 Å². The van der Waals surface area contributed by atoms with Crippen LogP contribution in [0.1, 0.15) is 38.5 Å². The summed E-state index contributed by atoms with van der Waals surface area (Å²) < 4.78 is 23.4. The zero-order valence-electron chi connectivity index (χ0n) is 16.9. The molecule has 0 saturated carbocycles. The quantitative estimate of drug-likeness (QED) is 0.531. The van der Waals surface area contributed by atoms with Gasteiger partial charge in [0.15, 0.2) is 12.6 Å². The van der Waals surface area contributed by atoms with E-state index in [1.807, 2.05) is 0 Å². The van der Waals surface area contributed by atoms with E-state index < -0.39 is 6.29 Å². The fourth-order valence-electron chi connectivity index (χ4n) is 3.60. The summed E-state index contributed by atoms with van der Waals surface area (Å²) in [5.41, 5.74) is 13.2. The van der Waals surface area contributed by atoms with Crippen LogP contribution in [0.3, 0.4) is 0 Å². The number of hydrogen-bond acceptors (Lipinski definition) is 8. The predicted octanol–water partition coefficient (Wildman–Crippen LogP) is 4.30. The third kappa shape index (κ3) is 4.89. The van der Waals surface area contributed by atoms with Crippen molar-refractivity contribution in [3.8, 4) is 11.5 Å². The van der Waals surface area contributed by atoms with Crippen LogP contribution in [-0.4, -0.2) is 25.8 Å². The van der Waals surface area contributed by atoms with Crippen molar-refractivity contribution in [1.82, 2.24) is 0 Å². The fraction of sp³-hybridized carbons (Fsp3) is 0.455. The number of hydrogen-bond donors (Lipinski definition) is 2. The van der Waals surface area contributed by atoms with E-state index >= 15 is 0 Å². The minimum atomic E-state index is -0.412. The lowest BCUT2D eigenvalue weighted by Crippen LogP contribution is -2.26. The van der Waals surface area contributed by atoms with Gasteiger partial charge in [-0.1, -0.05) is 0 Å². The maximum atomic E-state index is 13.2. The predicted molar refractivity (Wildman–Crippen MR) is 116 cm³/mol.